The zero-order chi connectivity index (χ0) is 9.84. The number of hydrogen-bond donors (Lipinski definition) is 1. The van der Waals surface area contributed by atoms with Gasteiger partial charge in [0.1, 0.15) is 0 Å². The normalized spacial score (nSPS) is 10.2. The summed E-state index contributed by atoms with van der Waals surface area (Å²) in [6.07, 6.45) is 2.38. The Morgan fingerprint density at radius 1 is 1.69 bits per heavy atom. The third-order valence-electron chi connectivity index (χ3n) is 1.61. The second-order valence-electron chi connectivity index (χ2n) is 2.80. The van der Waals surface area contributed by atoms with E-state index in [4.69, 9.17) is 5.11 Å². The second-order valence-corrected chi connectivity index (χ2v) is 4.00. The Morgan fingerprint density at radius 3 is 2.85 bits per heavy atom. The van der Waals surface area contributed by atoms with Crippen molar-refractivity contribution in [2.24, 2.45) is 0 Å². The van der Waals surface area contributed by atoms with Crippen LogP contribution in [0.25, 0.3) is 0 Å². The molecule has 1 rings (SSSR count). The lowest BCUT2D eigenvalue weighted by Crippen LogP contribution is -2.12. The van der Waals surface area contributed by atoms with Gasteiger partial charge in [0.05, 0.1) is 0 Å². The van der Waals surface area contributed by atoms with Crippen molar-refractivity contribution < 1.29 is 9.90 Å². The average molecular weight is 201 g/mol. The van der Waals surface area contributed by atoms with E-state index in [1.54, 1.807) is 10.8 Å². The van der Waals surface area contributed by atoms with E-state index in [0.717, 1.165) is 4.88 Å². The van der Waals surface area contributed by atoms with Crippen LogP contribution in [0.15, 0.2) is 11.0 Å². The highest BCUT2D eigenvalue weighted by Crippen LogP contribution is 2.02. The molecule has 72 valence electrons. The monoisotopic (exact) mass is 201 g/mol. The first-order chi connectivity index (χ1) is 6.09. The van der Waals surface area contributed by atoms with Crippen molar-refractivity contribution in [1.82, 2.24) is 4.57 Å². The number of aryl methyl sites for hydroxylation is 2. The van der Waals surface area contributed by atoms with Crippen molar-refractivity contribution in [2.75, 3.05) is 0 Å². The number of carbonyl (C=O) groups is 1. The van der Waals surface area contributed by atoms with Gasteiger partial charge in [-0.2, -0.15) is 0 Å². The molecule has 0 aliphatic heterocycles. The van der Waals surface area contributed by atoms with Crippen molar-refractivity contribution in [2.45, 2.75) is 26.3 Å². The highest BCUT2D eigenvalue weighted by molar-refractivity contribution is 7.09. The first-order valence-corrected chi connectivity index (χ1v) is 4.80. The molecule has 0 aromatic carbocycles. The third kappa shape index (κ3) is 3.02. The summed E-state index contributed by atoms with van der Waals surface area (Å²) in [7, 11) is 0. The lowest BCUT2D eigenvalue weighted by Gasteiger charge is -1.97. The van der Waals surface area contributed by atoms with Crippen molar-refractivity contribution >= 4 is 17.3 Å². The molecular formula is C8H11NO3S. The molecule has 0 fully saturated rings. The fourth-order valence-corrected chi connectivity index (χ4v) is 1.77. The molecule has 0 unspecified atom stereocenters. The summed E-state index contributed by atoms with van der Waals surface area (Å²) in [4.78, 5) is 22.3. The van der Waals surface area contributed by atoms with Crippen molar-refractivity contribution in [3.8, 4) is 0 Å². The highest BCUT2D eigenvalue weighted by atomic mass is 32.1. The van der Waals surface area contributed by atoms with Gasteiger partial charge in [-0.25, -0.2) is 0 Å². The number of rotatable bonds is 4. The molecule has 0 atom stereocenters. The molecule has 5 heteroatoms. The summed E-state index contributed by atoms with van der Waals surface area (Å²) in [5.74, 6) is -0.819. The Morgan fingerprint density at radius 2 is 2.38 bits per heavy atom. The zero-order valence-electron chi connectivity index (χ0n) is 7.32. The molecular weight excluding hydrogens is 190 g/mol. The number of hydrogen-bond acceptors (Lipinski definition) is 3. The molecule has 0 aliphatic rings. The lowest BCUT2D eigenvalue weighted by molar-refractivity contribution is -0.137. The van der Waals surface area contributed by atoms with E-state index in [1.165, 1.54) is 11.3 Å². The van der Waals surface area contributed by atoms with Gasteiger partial charge < -0.3 is 9.67 Å². The topological polar surface area (TPSA) is 59.3 Å². The molecule has 13 heavy (non-hydrogen) atoms. The molecule has 0 amide bonds. The first kappa shape index (κ1) is 9.98. The molecule has 1 aromatic heterocycles. The lowest BCUT2D eigenvalue weighted by atomic mass is 10.3. The maximum Gasteiger partial charge on any atom is 0.307 e. The Hall–Kier alpha value is -1.10. The van der Waals surface area contributed by atoms with E-state index >= 15 is 0 Å². The van der Waals surface area contributed by atoms with E-state index in [-0.39, 0.29) is 11.3 Å². The molecule has 1 aromatic rings. The van der Waals surface area contributed by atoms with Gasteiger partial charge in [-0.3, -0.25) is 9.59 Å². The number of aliphatic carboxylic acids is 1. The van der Waals surface area contributed by atoms with Gasteiger partial charge in [-0.15, -0.1) is 0 Å². The molecule has 1 N–H and O–H groups in total. The SMILES string of the molecule is Cc1cn(CCCC(=O)O)c(=O)s1. The molecule has 0 saturated carbocycles. The van der Waals surface area contributed by atoms with Crippen LogP contribution in [0.5, 0.6) is 0 Å². The summed E-state index contributed by atoms with van der Waals surface area (Å²) in [6, 6.07) is 0. The molecule has 0 bridgehead atoms. The van der Waals surface area contributed by atoms with Crippen LogP contribution >= 0.6 is 11.3 Å². The van der Waals surface area contributed by atoms with Gasteiger partial charge in [0, 0.05) is 24.0 Å². The number of carboxylic acids is 1. The fourth-order valence-electron chi connectivity index (χ4n) is 1.05. The predicted octanol–water partition coefficient (Wildman–Crippen LogP) is 1.08. The van der Waals surface area contributed by atoms with Crippen LogP contribution in [0.1, 0.15) is 17.7 Å². The molecule has 1 heterocycles. The molecule has 0 spiro atoms. The molecule has 4 nitrogen and oxygen atoms in total. The number of aromatic nitrogens is 1. The van der Waals surface area contributed by atoms with Crippen LogP contribution in [0.2, 0.25) is 0 Å². The first-order valence-electron chi connectivity index (χ1n) is 3.98. The zero-order valence-corrected chi connectivity index (χ0v) is 8.13. The summed E-state index contributed by atoms with van der Waals surface area (Å²) in [6.45, 7) is 2.36. The summed E-state index contributed by atoms with van der Waals surface area (Å²) >= 11 is 1.19. The average Bonchev–Trinajstić information content (AvgIpc) is 2.29. The molecule has 0 radical (unpaired) electrons. The van der Waals surface area contributed by atoms with Crippen LogP contribution in [-0.2, 0) is 11.3 Å². The van der Waals surface area contributed by atoms with Gasteiger partial charge in [0.2, 0.25) is 0 Å². The van der Waals surface area contributed by atoms with Crippen LogP contribution in [0.4, 0.5) is 0 Å². The van der Waals surface area contributed by atoms with E-state index in [1.807, 2.05) is 6.92 Å². The van der Waals surface area contributed by atoms with Crippen LogP contribution in [-0.4, -0.2) is 15.6 Å². The Balaban J connectivity index is 2.50. The Kier molecular flexibility index (Phi) is 3.25. The van der Waals surface area contributed by atoms with Crippen molar-refractivity contribution in [3.05, 3.63) is 20.7 Å². The minimum Gasteiger partial charge on any atom is -0.481 e. The number of nitrogens with zero attached hydrogens (tertiary/aromatic N) is 1. The number of thiazole rings is 1. The molecule has 0 aliphatic carbocycles. The van der Waals surface area contributed by atoms with Crippen LogP contribution in [0.3, 0.4) is 0 Å². The maximum atomic E-state index is 11.1. The summed E-state index contributed by atoms with van der Waals surface area (Å²) in [5.41, 5.74) is 0. The maximum absolute atomic E-state index is 11.1. The van der Waals surface area contributed by atoms with Gasteiger partial charge in [-0.1, -0.05) is 11.3 Å². The van der Waals surface area contributed by atoms with Gasteiger partial charge in [-0.05, 0) is 13.3 Å². The van der Waals surface area contributed by atoms with E-state index in [0.29, 0.717) is 13.0 Å². The van der Waals surface area contributed by atoms with E-state index in [2.05, 4.69) is 0 Å². The largest absolute Gasteiger partial charge is 0.481 e. The highest BCUT2D eigenvalue weighted by Gasteiger charge is 2.01. The second kappa shape index (κ2) is 4.23. The molecule has 0 saturated heterocycles. The Bertz CT molecular complexity index is 353. The predicted molar refractivity (Wildman–Crippen MR) is 50.2 cm³/mol. The fraction of sp³-hybridized carbons (Fsp3) is 0.500. The van der Waals surface area contributed by atoms with Crippen LogP contribution in [0, 0.1) is 6.92 Å². The van der Waals surface area contributed by atoms with E-state index in [9.17, 15) is 9.59 Å². The summed E-state index contributed by atoms with van der Waals surface area (Å²) < 4.78 is 1.56. The summed E-state index contributed by atoms with van der Waals surface area (Å²) in [5, 5.41) is 8.38. The van der Waals surface area contributed by atoms with Crippen molar-refractivity contribution in [1.29, 1.82) is 0 Å². The van der Waals surface area contributed by atoms with Gasteiger partial charge >= 0.3 is 10.8 Å². The Labute approximate surface area is 79.4 Å². The van der Waals surface area contributed by atoms with Gasteiger partial charge in [0.25, 0.3) is 0 Å². The smallest absolute Gasteiger partial charge is 0.307 e. The van der Waals surface area contributed by atoms with E-state index < -0.39 is 5.97 Å². The minimum absolute atomic E-state index is 0.0112. The quantitative estimate of drug-likeness (QED) is 0.793. The minimum atomic E-state index is -0.819. The van der Waals surface area contributed by atoms with Gasteiger partial charge in [0.15, 0.2) is 0 Å². The van der Waals surface area contributed by atoms with Crippen molar-refractivity contribution in [3.63, 3.8) is 0 Å². The standard InChI is InChI=1S/C8H11NO3S/c1-6-5-9(8(12)13-6)4-2-3-7(10)11/h5H,2-4H2,1H3,(H,10,11). The number of carboxylic acid groups (broad SMARTS) is 1. The third-order valence-corrected chi connectivity index (χ3v) is 2.45. The van der Waals surface area contributed by atoms with Crippen LogP contribution < -0.4 is 4.87 Å².